The van der Waals surface area contributed by atoms with E-state index in [-0.39, 0.29) is 48.8 Å². The Morgan fingerprint density at radius 3 is 1.16 bits per heavy atom. The molecule has 4 amide bonds. The van der Waals surface area contributed by atoms with Gasteiger partial charge in [0.15, 0.2) is 11.1 Å². The predicted molar refractivity (Wildman–Crippen MR) is 284 cm³/mol. The molecule has 6 rings (SSSR count). The van der Waals surface area contributed by atoms with Gasteiger partial charge in [-0.15, -0.1) is 0 Å². The van der Waals surface area contributed by atoms with Crippen molar-refractivity contribution in [2.45, 2.75) is 144 Å². The fourth-order valence-electron chi connectivity index (χ4n) is 8.91. The number of nitrogens with zero attached hydrogens (tertiary/aromatic N) is 4. The zero-order valence-electron chi connectivity index (χ0n) is 45.4. The van der Waals surface area contributed by atoms with Crippen LogP contribution in [0.3, 0.4) is 0 Å². The topological polar surface area (TPSA) is 195 Å². The maximum Gasteiger partial charge on any atom is 0.414 e. The van der Waals surface area contributed by atoms with Gasteiger partial charge >= 0.3 is 24.1 Å². The first-order chi connectivity index (χ1) is 34.7. The molecular weight excluding hydrogens is 941 g/mol. The van der Waals surface area contributed by atoms with Crippen LogP contribution in [-0.4, -0.2) is 82.1 Å². The molecular formula is C58H74N6O10. The van der Waals surface area contributed by atoms with Crippen molar-refractivity contribution in [1.29, 1.82) is 0 Å². The number of esters is 2. The molecule has 16 heteroatoms. The number of aliphatic imine (C=N–C) groups is 2. The molecule has 2 heterocycles. The number of hydrogen-bond donors (Lipinski definition) is 2. The van der Waals surface area contributed by atoms with Gasteiger partial charge in [-0.05, 0) is 140 Å². The standard InChI is InChI=1S/2C29H37N3O5/c2*1-8-36-24(33)22-14-12-13-21(17-22)20(4)32-25(34)29(18-19(2)3,23-15-10-9-11-16-23)31-26(32)30-27(35)37-28(5,6)7/h2*9-17,19-20H,8,18H2,1-7H3,(H,30,31,35)/t20-,29?;20-,29-/m11/s1. The van der Waals surface area contributed by atoms with Gasteiger partial charge in [0.05, 0.1) is 36.4 Å². The molecule has 0 aliphatic carbocycles. The van der Waals surface area contributed by atoms with E-state index >= 15 is 0 Å². The first-order valence-electron chi connectivity index (χ1n) is 25.3. The Hall–Kier alpha value is -7.36. The SMILES string of the molecule is CCOC(=O)c1cccc([C@@H](C)N2C(=O)C(CC(C)C)(c3ccccc3)N=C2NC(=O)OC(C)(C)C)c1.CCOC(=O)c1cccc([C@@H](C)N2C(=O)[C@@](CC(C)C)(c3ccccc3)N=C2NC(=O)OC(C)(C)C)c1. The highest BCUT2D eigenvalue weighted by molar-refractivity contribution is 6.12. The van der Waals surface area contributed by atoms with Gasteiger partial charge in [-0.3, -0.25) is 30.0 Å². The summed E-state index contributed by atoms with van der Waals surface area (Å²) in [6.07, 6.45) is -0.516. The molecule has 16 nitrogen and oxygen atoms in total. The minimum atomic E-state index is -1.22. The van der Waals surface area contributed by atoms with Crippen LogP contribution in [-0.2, 0) is 39.6 Å². The number of benzene rings is 4. The number of amides is 4. The summed E-state index contributed by atoms with van der Waals surface area (Å²) in [5, 5.41) is 5.45. The molecule has 0 bridgehead atoms. The molecule has 396 valence electrons. The van der Waals surface area contributed by atoms with Crippen molar-refractivity contribution in [2.24, 2.45) is 21.8 Å². The molecule has 74 heavy (non-hydrogen) atoms. The van der Waals surface area contributed by atoms with Gasteiger partial charge < -0.3 is 18.9 Å². The van der Waals surface area contributed by atoms with E-state index in [4.69, 9.17) is 28.9 Å². The molecule has 2 aliphatic heterocycles. The molecule has 1 unspecified atom stereocenters. The largest absolute Gasteiger partial charge is 0.462 e. The van der Waals surface area contributed by atoms with Crippen molar-refractivity contribution >= 4 is 47.9 Å². The maximum absolute atomic E-state index is 14.3. The van der Waals surface area contributed by atoms with Crippen LogP contribution < -0.4 is 10.6 Å². The number of hydrogen-bond acceptors (Lipinski definition) is 12. The minimum Gasteiger partial charge on any atom is -0.462 e. The molecule has 0 radical (unpaired) electrons. The van der Waals surface area contributed by atoms with Gasteiger partial charge in [0.2, 0.25) is 11.9 Å². The van der Waals surface area contributed by atoms with Crippen LogP contribution in [0.5, 0.6) is 0 Å². The van der Waals surface area contributed by atoms with Crippen LogP contribution in [0.25, 0.3) is 0 Å². The lowest BCUT2D eigenvalue weighted by Crippen LogP contribution is -2.48. The second-order valence-corrected chi connectivity index (χ2v) is 21.2. The van der Waals surface area contributed by atoms with E-state index in [1.54, 1.807) is 91.8 Å². The zero-order valence-corrected chi connectivity index (χ0v) is 45.4. The number of carbonyl (C=O) groups excluding carboxylic acids is 6. The lowest BCUT2D eigenvalue weighted by Gasteiger charge is -2.31. The quantitative estimate of drug-likeness (QED) is 0.0906. The summed E-state index contributed by atoms with van der Waals surface area (Å²) in [6.45, 7) is 26.4. The van der Waals surface area contributed by atoms with E-state index in [9.17, 15) is 28.8 Å². The smallest absolute Gasteiger partial charge is 0.414 e. The van der Waals surface area contributed by atoms with Crippen molar-refractivity contribution in [3.05, 3.63) is 143 Å². The van der Waals surface area contributed by atoms with Crippen molar-refractivity contribution in [3.8, 4) is 0 Å². The van der Waals surface area contributed by atoms with Gasteiger partial charge in [0.1, 0.15) is 11.2 Å². The maximum atomic E-state index is 14.3. The third kappa shape index (κ3) is 14.0. The van der Waals surface area contributed by atoms with E-state index in [2.05, 4.69) is 10.6 Å². The van der Waals surface area contributed by atoms with E-state index < -0.39 is 58.5 Å². The monoisotopic (exact) mass is 1010 g/mol. The lowest BCUT2D eigenvalue weighted by molar-refractivity contribution is -0.134. The molecule has 2 aliphatic rings. The Morgan fingerprint density at radius 2 is 0.865 bits per heavy atom. The van der Waals surface area contributed by atoms with Gasteiger partial charge in [0.25, 0.3) is 11.8 Å². The number of guanidine groups is 2. The van der Waals surface area contributed by atoms with Crippen molar-refractivity contribution < 1.29 is 47.7 Å². The van der Waals surface area contributed by atoms with Gasteiger partial charge in [0, 0.05) is 0 Å². The first kappa shape index (κ1) is 57.5. The number of rotatable bonds is 14. The highest BCUT2D eigenvalue weighted by atomic mass is 16.6. The summed E-state index contributed by atoms with van der Waals surface area (Å²) < 4.78 is 21.2. The van der Waals surface area contributed by atoms with Crippen molar-refractivity contribution in [3.63, 3.8) is 0 Å². The zero-order chi connectivity index (χ0) is 54.8. The summed E-state index contributed by atoms with van der Waals surface area (Å²) in [7, 11) is 0. The highest BCUT2D eigenvalue weighted by Gasteiger charge is 2.53. The second-order valence-electron chi connectivity index (χ2n) is 21.2. The normalized spacial score (nSPS) is 18.4. The van der Waals surface area contributed by atoms with Gasteiger partial charge in [-0.25, -0.2) is 29.2 Å². The van der Waals surface area contributed by atoms with Crippen LogP contribution in [0.15, 0.2) is 119 Å². The van der Waals surface area contributed by atoms with Gasteiger partial charge in [-0.1, -0.05) is 113 Å². The number of nitrogens with one attached hydrogen (secondary N) is 2. The van der Waals surface area contributed by atoms with E-state index in [1.807, 2.05) is 114 Å². The fraction of sp³-hybridized carbons (Fsp3) is 0.448. The molecule has 4 aromatic rings. The van der Waals surface area contributed by atoms with Crippen LogP contribution in [0.1, 0.15) is 165 Å². The lowest BCUT2D eigenvalue weighted by atomic mass is 9.82. The first-order valence-corrected chi connectivity index (χ1v) is 25.3. The van der Waals surface area contributed by atoms with Crippen LogP contribution >= 0.6 is 0 Å². The summed E-state index contributed by atoms with van der Waals surface area (Å²) in [5.74, 6) is -0.904. The minimum absolute atomic E-state index is 0.109. The highest BCUT2D eigenvalue weighted by Crippen LogP contribution is 2.44. The van der Waals surface area contributed by atoms with Crippen molar-refractivity contribution in [1.82, 2.24) is 20.4 Å². The van der Waals surface area contributed by atoms with Crippen LogP contribution in [0.2, 0.25) is 0 Å². The third-order valence-corrected chi connectivity index (χ3v) is 11.9. The third-order valence-electron chi connectivity index (χ3n) is 11.9. The Labute approximate surface area is 436 Å². The molecule has 2 N–H and O–H groups in total. The summed E-state index contributed by atoms with van der Waals surface area (Å²) in [4.78, 5) is 91.7. The predicted octanol–water partition coefficient (Wildman–Crippen LogP) is 11.2. The molecule has 0 saturated carbocycles. The van der Waals surface area contributed by atoms with Crippen molar-refractivity contribution in [2.75, 3.05) is 13.2 Å². The second kappa shape index (κ2) is 24.1. The van der Waals surface area contributed by atoms with E-state index in [0.717, 1.165) is 11.1 Å². The molecule has 0 saturated heterocycles. The number of alkyl carbamates (subject to hydrolysis) is 2. The molecule has 0 fully saturated rings. The van der Waals surface area contributed by atoms with E-state index in [1.165, 1.54) is 9.80 Å². The fourth-order valence-corrected chi connectivity index (χ4v) is 8.91. The Morgan fingerprint density at radius 1 is 0.527 bits per heavy atom. The molecule has 4 aromatic carbocycles. The van der Waals surface area contributed by atoms with Gasteiger partial charge in [-0.2, -0.15) is 0 Å². The summed E-state index contributed by atoms with van der Waals surface area (Å²) in [6, 6.07) is 31.6. The number of carbonyl (C=O) groups is 6. The molecule has 0 spiro atoms. The molecule has 4 atom stereocenters. The number of ether oxygens (including phenoxy) is 4. The summed E-state index contributed by atoms with van der Waals surface area (Å²) >= 11 is 0. The Balaban J connectivity index is 0.000000274. The molecule has 0 aromatic heterocycles. The van der Waals surface area contributed by atoms with Crippen LogP contribution in [0.4, 0.5) is 9.59 Å². The average molecular weight is 1020 g/mol. The van der Waals surface area contributed by atoms with E-state index in [0.29, 0.717) is 35.1 Å². The Bertz CT molecular complexity index is 2520. The average Bonchev–Trinajstić information content (AvgIpc) is 3.75. The van der Waals surface area contributed by atoms with Crippen LogP contribution in [0, 0.1) is 11.8 Å². The summed E-state index contributed by atoms with van der Waals surface area (Å²) in [5.41, 5.74) is -0.241. The Kier molecular flexibility index (Phi) is 18.8.